The van der Waals surface area contributed by atoms with E-state index in [4.69, 9.17) is 12.2 Å². The number of carbonyl (C=O) groups is 1. The van der Waals surface area contributed by atoms with Gasteiger partial charge >= 0.3 is 0 Å². The number of carbonyl (C=O) groups excluding carboxylic acids is 1. The Morgan fingerprint density at radius 1 is 1.15 bits per heavy atom. The van der Waals surface area contributed by atoms with Crippen LogP contribution in [0, 0.1) is 5.82 Å². The number of pyridine rings is 1. The van der Waals surface area contributed by atoms with Crippen LogP contribution in [0.1, 0.15) is 5.56 Å². The fourth-order valence-electron chi connectivity index (χ4n) is 2.69. The van der Waals surface area contributed by atoms with Crippen LogP contribution in [0.5, 0.6) is 0 Å². The average molecular weight is 445 g/mol. The molecule has 0 unspecified atom stereocenters. The summed E-state index contributed by atoms with van der Waals surface area (Å²) in [7, 11) is 0. The first kappa shape index (κ1) is 17.3. The fourth-order valence-corrected chi connectivity index (χ4v) is 4.43. The van der Waals surface area contributed by atoms with E-state index in [1.165, 1.54) is 28.8 Å². The molecule has 0 spiro atoms. The van der Waals surface area contributed by atoms with Gasteiger partial charge in [-0.1, -0.05) is 58.1 Å². The highest BCUT2D eigenvalue weighted by Crippen LogP contribution is 2.39. The van der Waals surface area contributed by atoms with Crippen molar-refractivity contribution in [3.8, 4) is 0 Å². The maximum Gasteiger partial charge on any atom is 0.270 e. The van der Waals surface area contributed by atoms with Crippen LogP contribution < -0.4 is 4.90 Å². The molecule has 128 valence electrons. The second-order valence-electron chi connectivity index (χ2n) is 5.53. The quantitative estimate of drug-likeness (QED) is 0.383. The Balaban J connectivity index is 1.77. The van der Waals surface area contributed by atoms with E-state index in [9.17, 15) is 9.18 Å². The van der Waals surface area contributed by atoms with Crippen LogP contribution in [0.2, 0.25) is 0 Å². The van der Waals surface area contributed by atoms with E-state index in [1.807, 2.05) is 24.3 Å². The number of anilines is 1. The topological polar surface area (TPSA) is 33.2 Å². The summed E-state index contributed by atoms with van der Waals surface area (Å²) in [5.74, 6) is -0.527. The highest BCUT2D eigenvalue weighted by Gasteiger charge is 2.34. The first-order chi connectivity index (χ1) is 12.5. The van der Waals surface area contributed by atoms with Crippen LogP contribution >= 0.6 is 39.9 Å². The SMILES string of the molecule is O=C1/C(=C/c2ccc(F)cc2)SC(=S)N1c1ccc(Br)c2cccnc12. The first-order valence-corrected chi connectivity index (χ1v) is 9.63. The molecule has 26 heavy (non-hydrogen) atoms. The van der Waals surface area contributed by atoms with Crippen LogP contribution in [0.3, 0.4) is 0 Å². The third-order valence-electron chi connectivity index (χ3n) is 3.90. The van der Waals surface area contributed by atoms with Crippen molar-refractivity contribution in [3.05, 3.63) is 75.5 Å². The minimum Gasteiger partial charge on any atom is -0.268 e. The lowest BCUT2D eigenvalue weighted by Crippen LogP contribution is -2.27. The lowest BCUT2D eigenvalue weighted by molar-refractivity contribution is -0.113. The molecule has 7 heteroatoms. The van der Waals surface area contributed by atoms with Crippen molar-refractivity contribution in [2.45, 2.75) is 0 Å². The van der Waals surface area contributed by atoms with E-state index < -0.39 is 0 Å². The van der Waals surface area contributed by atoms with Gasteiger partial charge in [-0.2, -0.15) is 0 Å². The van der Waals surface area contributed by atoms with Crippen molar-refractivity contribution < 1.29 is 9.18 Å². The van der Waals surface area contributed by atoms with Gasteiger partial charge in [0, 0.05) is 16.1 Å². The summed E-state index contributed by atoms with van der Waals surface area (Å²) >= 11 is 10.2. The third kappa shape index (κ3) is 3.06. The summed E-state index contributed by atoms with van der Waals surface area (Å²) in [5.41, 5.74) is 2.08. The van der Waals surface area contributed by atoms with E-state index >= 15 is 0 Å². The number of nitrogens with zero attached hydrogens (tertiary/aromatic N) is 2. The molecule has 0 saturated carbocycles. The van der Waals surface area contributed by atoms with Gasteiger partial charge in [0.25, 0.3) is 5.91 Å². The maximum atomic E-state index is 13.1. The van der Waals surface area contributed by atoms with Crippen molar-refractivity contribution in [1.29, 1.82) is 0 Å². The number of hydrogen-bond donors (Lipinski definition) is 0. The molecule has 2 aromatic carbocycles. The first-order valence-electron chi connectivity index (χ1n) is 7.61. The number of benzene rings is 2. The molecule has 3 aromatic rings. The monoisotopic (exact) mass is 444 g/mol. The molecule has 1 aliphatic rings. The van der Waals surface area contributed by atoms with E-state index in [1.54, 1.807) is 24.4 Å². The van der Waals surface area contributed by atoms with Gasteiger partial charge in [-0.3, -0.25) is 14.7 Å². The molecule has 0 radical (unpaired) electrons. The van der Waals surface area contributed by atoms with Gasteiger partial charge in [-0.15, -0.1) is 0 Å². The fraction of sp³-hybridized carbons (Fsp3) is 0. The Kier molecular flexibility index (Phi) is 4.60. The number of thiocarbonyl (C=S) groups is 1. The largest absolute Gasteiger partial charge is 0.270 e. The van der Waals surface area contributed by atoms with Gasteiger partial charge in [-0.25, -0.2) is 4.39 Å². The highest BCUT2D eigenvalue weighted by atomic mass is 79.9. The lowest BCUT2D eigenvalue weighted by atomic mass is 10.1. The van der Waals surface area contributed by atoms with Crippen molar-refractivity contribution in [3.63, 3.8) is 0 Å². The number of rotatable bonds is 2. The number of aromatic nitrogens is 1. The standard InChI is InChI=1S/C19H10BrFN2OS2/c20-14-7-8-15(17-13(14)2-1-9-22-17)23-18(24)16(26-19(23)25)10-11-3-5-12(21)6-4-11/h1-10H/b16-10-. The molecule has 1 aromatic heterocycles. The van der Waals surface area contributed by atoms with E-state index in [2.05, 4.69) is 20.9 Å². The van der Waals surface area contributed by atoms with Gasteiger partial charge in [0.15, 0.2) is 4.32 Å². The Bertz CT molecular complexity index is 1080. The molecule has 1 aliphatic heterocycles. The van der Waals surface area contributed by atoms with Crippen molar-refractivity contribution in [2.75, 3.05) is 4.90 Å². The van der Waals surface area contributed by atoms with Crippen molar-refractivity contribution >= 4 is 72.8 Å². The van der Waals surface area contributed by atoms with Crippen molar-refractivity contribution in [1.82, 2.24) is 4.98 Å². The van der Waals surface area contributed by atoms with Crippen LogP contribution in [-0.2, 0) is 4.79 Å². The molecule has 4 rings (SSSR count). The van der Waals surface area contributed by atoms with Crippen LogP contribution in [-0.4, -0.2) is 15.2 Å². The zero-order valence-corrected chi connectivity index (χ0v) is 16.4. The molecule has 3 nitrogen and oxygen atoms in total. The Hall–Kier alpha value is -2.09. The molecule has 0 aliphatic carbocycles. The number of halogens is 2. The van der Waals surface area contributed by atoms with E-state index in [-0.39, 0.29) is 11.7 Å². The Morgan fingerprint density at radius 2 is 1.92 bits per heavy atom. The zero-order valence-electron chi connectivity index (χ0n) is 13.1. The van der Waals surface area contributed by atoms with Gasteiger partial charge in [0.2, 0.25) is 0 Å². The average Bonchev–Trinajstić information content (AvgIpc) is 2.91. The van der Waals surface area contributed by atoms with E-state index in [0.29, 0.717) is 20.4 Å². The molecule has 0 bridgehead atoms. The highest BCUT2D eigenvalue weighted by molar-refractivity contribution is 9.10. The Morgan fingerprint density at radius 3 is 2.69 bits per heavy atom. The lowest BCUT2D eigenvalue weighted by Gasteiger charge is -2.17. The molecular formula is C19H10BrFN2OS2. The molecule has 0 N–H and O–H groups in total. The maximum absolute atomic E-state index is 13.1. The number of fused-ring (bicyclic) bond motifs is 1. The molecule has 1 fully saturated rings. The summed E-state index contributed by atoms with van der Waals surface area (Å²) < 4.78 is 14.4. The summed E-state index contributed by atoms with van der Waals surface area (Å²) in [6.07, 6.45) is 3.40. The van der Waals surface area contributed by atoms with Crippen molar-refractivity contribution in [2.24, 2.45) is 0 Å². The minimum atomic E-state index is -0.317. The normalized spacial score (nSPS) is 16.1. The molecule has 1 saturated heterocycles. The van der Waals surface area contributed by atoms with Gasteiger partial charge < -0.3 is 0 Å². The van der Waals surface area contributed by atoms with Gasteiger partial charge in [0.1, 0.15) is 5.82 Å². The number of hydrogen-bond acceptors (Lipinski definition) is 4. The summed E-state index contributed by atoms with van der Waals surface area (Å²) in [4.78, 5) is 19.4. The third-order valence-corrected chi connectivity index (χ3v) is 5.89. The summed E-state index contributed by atoms with van der Waals surface area (Å²) in [5, 5.41) is 0.904. The van der Waals surface area contributed by atoms with E-state index in [0.717, 1.165) is 15.4 Å². The number of thioether (sulfide) groups is 1. The smallest absolute Gasteiger partial charge is 0.268 e. The van der Waals surface area contributed by atoms with Crippen LogP contribution in [0.15, 0.2) is 64.1 Å². The second-order valence-corrected chi connectivity index (χ2v) is 8.06. The van der Waals surface area contributed by atoms with Crippen LogP contribution in [0.25, 0.3) is 17.0 Å². The molecule has 1 amide bonds. The minimum absolute atomic E-state index is 0.210. The van der Waals surface area contributed by atoms with Crippen LogP contribution in [0.4, 0.5) is 10.1 Å². The predicted octanol–water partition coefficient (Wildman–Crippen LogP) is 5.54. The molecule has 2 heterocycles. The van der Waals surface area contributed by atoms with Gasteiger partial charge in [-0.05, 0) is 42.0 Å². The molecular weight excluding hydrogens is 435 g/mol. The molecule has 0 atom stereocenters. The predicted molar refractivity (Wildman–Crippen MR) is 111 cm³/mol. The second kappa shape index (κ2) is 6.90. The van der Waals surface area contributed by atoms with Gasteiger partial charge in [0.05, 0.1) is 16.1 Å². The summed E-state index contributed by atoms with van der Waals surface area (Å²) in [6.45, 7) is 0. The zero-order chi connectivity index (χ0) is 18.3. The Labute approximate surface area is 167 Å². The summed E-state index contributed by atoms with van der Waals surface area (Å²) in [6, 6.07) is 13.4. The number of amides is 1.